The molecule has 8 heteroatoms. The Morgan fingerprint density at radius 2 is 1.76 bits per heavy atom. The number of hydrogen-bond donors (Lipinski definition) is 2. The molecule has 2 N–H and O–H groups in total. The van der Waals surface area contributed by atoms with Crippen LogP contribution < -0.4 is 10.1 Å². The first-order chi connectivity index (χ1) is 11.8. The number of carboxylic acids is 1. The van der Waals surface area contributed by atoms with Crippen molar-refractivity contribution in [2.24, 2.45) is 5.92 Å². The molecule has 1 amide bonds. The molecule has 138 valence electrons. The van der Waals surface area contributed by atoms with Gasteiger partial charge in [0, 0.05) is 12.3 Å². The van der Waals surface area contributed by atoms with Gasteiger partial charge in [-0.05, 0) is 49.9 Å². The van der Waals surface area contributed by atoms with E-state index in [1.54, 1.807) is 12.1 Å². The Morgan fingerprint density at radius 3 is 2.28 bits per heavy atom. The highest BCUT2D eigenvalue weighted by Crippen LogP contribution is 2.24. The van der Waals surface area contributed by atoms with Crippen LogP contribution in [0.25, 0.3) is 0 Å². The van der Waals surface area contributed by atoms with E-state index in [9.17, 15) is 18.0 Å². The summed E-state index contributed by atoms with van der Waals surface area (Å²) >= 11 is 0. The normalized spacial score (nSPS) is 20.7. The Bertz CT molecular complexity index is 705. The summed E-state index contributed by atoms with van der Waals surface area (Å²) in [6, 6.07) is 6.07. The van der Waals surface area contributed by atoms with E-state index in [0.29, 0.717) is 31.4 Å². The molecule has 0 spiro atoms. The van der Waals surface area contributed by atoms with Gasteiger partial charge in [0.2, 0.25) is 5.91 Å². The smallest absolute Gasteiger partial charge is 0.306 e. The van der Waals surface area contributed by atoms with E-state index >= 15 is 0 Å². The highest BCUT2D eigenvalue weighted by molar-refractivity contribution is 7.90. The number of benzene rings is 1. The number of rotatable bonds is 7. The van der Waals surface area contributed by atoms with Gasteiger partial charge in [0.05, 0.1) is 23.8 Å². The van der Waals surface area contributed by atoms with Crippen molar-refractivity contribution in [1.82, 2.24) is 5.32 Å². The minimum atomic E-state index is -3.24. The standard InChI is InChI=1S/C17H23NO6S/c1-25(22,23)15-8-6-14(7-9-15)24-11-10-16(19)18-13-4-2-12(3-5-13)17(20)21/h6-9,12-13H,2-5,10-11H2,1H3,(H,18,19)(H,20,21). The molecule has 2 rings (SSSR count). The predicted molar refractivity (Wildman–Crippen MR) is 91.2 cm³/mol. The molecule has 7 nitrogen and oxygen atoms in total. The molecular formula is C17H23NO6S. The Morgan fingerprint density at radius 1 is 1.16 bits per heavy atom. The summed E-state index contributed by atoms with van der Waals surface area (Å²) < 4.78 is 28.2. The van der Waals surface area contributed by atoms with Crippen LogP contribution in [0.5, 0.6) is 5.75 Å². The van der Waals surface area contributed by atoms with Crippen molar-refractivity contribution in [3.63, 3.8) is 0 Å². The second kappa shape index (κ2) is 8.33. The third-order valence-corrected chi connectivity index (χ3v) is 5.42. The molecule has 1 aromatic rings. The fraction of sp³-hybridized carbons (Fsp3) is 0.529. The Balaban J connectivity index is 1.70. The van der Waals surface area contributed by atoms with Crippen LogP contribution in [0.3, 0.4) is 0 Å². The van der Waals surface area contributed by atoms with Crippen LogP contribution in [0.1, 0.15) is 32.1 Å². The van der Waals surface area contributed by atoms with Crippen molar-refractivity contribution in [3.05, 3.63) is 24.3 Å². The SMILES string of the molecule is CS(=O)(=O)c1ccc(OCCC(=O)NC2CCC(C(=O)O)CC2)cc1. The molecule has 0 heterocycles. The molecule has 1 fully saturated rings. The maximum Gasteiger partial charge on any atom is 0.306 e. The molecule has 0 aromatic heterocycles. The quantitative estimate of drug-likeness (QED) is 0.756. The van der Waals surface area contributed by atoms with Gasteiger partial charge < -0.3 is 15.2 Å². The van der Waals surface area contributed by atoms with Crippen molar-refractivity contribution in [1.29, 1.82) is 0 Å². The monoisotopic (exact) mass is 369 g/mol. The summed E-state index contributed by atoms with van der Waals surface area (Å²) in [5, 5.41) is 11.9. The zero-order valence-corrected chi connectivity index (χ0v) is 14.9. The van der Waals surface area contributed by atoms with Crippen molar-refractivity contribution in [2.45, 2.75) is 43.0 Å². The molecule has 1 saturated carbocycles. The molecule has 0 aliphatic heterocycles. The minimum absolute atomic E-state index is 0.0251. The van der Waals surface area contributed by atoms with Gasteiger partial charge >= 0.3 is 5.97 Å². The van der Waals surface area contributed by atoms with Crippen LogP contribution in [0.15, 0.2) is 29.2 Å². The van der Waals surface area contributed by atoms with Crippen LogP contribution in [0, 0.1) is 5.92 Å². The summed E-state index contributed by atoms with van der Waals surface area (Å²) in [7, 11) is -3.24. The van der Waals surface area contributed by atoms with Gasteiger partial charge in [-0.3, -0.25) is 9.59 Å². The van der Waals surface area contributed by atoms with Gasteiger partial charge in [-0.1, -0.05) is 0 Å². The lowest BCUT2D eigenvalue weighted by atomic mass is 9.86. The van der Waals surface area contributed by atoms with E-state index in [4.69, 9.17) is 9.84 Å². The van der Waals surface area contributed by atoms with Gasteiger partial charge in [0.1, 0.15) is 5.75 Å². The average molecular weight is 369 g/mol. The number of hydrogen-bond acceptors (Lipinski definition) is 5. The van der Waals surface area contributed by atoms with Crippen LogP contribution in [0.4, 0.5) is 0 Å². The van der Waals surface area contributed by atoms with Crippen molar-refractivity contribution in [2.75, 3.05) is 12.9 Å². The fourth-order valence-electron chi connectivity index (χ4n) is 2.83. The van der Waals surface area contributed by atoms with Crippen LogP contribution in [-0.2, 0) is 19.4 Å². The number of sulfone groups is 1. The minimum Gasteiger partial charge on any atom is -0.493 e. The highest BCUT2D eigenvalue weighted by atomic mass is 32.2. The number of carbonyl (C=O) groups is 2. The molecule has 0 bridgehead atoms. The summed E-state index contributed by atoms with van der Waals surface area (Å²) in [6.45, 7) is 0.189. The zero-order valence-electron chi connectivity index (χ0n) is 14.1. The van der Waals surface area contributed by atoms with E-state index in [-0.39, 0.29) is 35.8 Å². The third kappa shape index (κ3) is 6.04. The molecule has 1 aliphatic rings. The Kier molecular flexibility index (Phi) is 6.41. The second-order valence-corrected chi connectivity index (χ2v) is 8.31. The number of amides is 1. The summed E-state index contributed by atoms with van der Waals surface area (Å²) in [5.41, 5.74) is 0. The highest BCUT2D eigenvalue weighted by Gasteiger charge is 2.26. The number of carbonyl (C=O) groups excluding carboxylic acids is 1. The van der Waals surface area contributed by atoms with Crippen molar-refractivity contribution in [3.8, 4) is 5.75 Å². The molecule has 0 atom stereocenters. The van der Waals surface area contributed by atoms with E-state index in [1.165, 1.54) is 12.1 Å². The first-order valence-corrected chi connectivity index (χ1v) is 10.1. The summed E-state index contributed by atoms with van der Waals surface area (Å²) in [6.07, 6.45) is 3.85. The van der Waals surface area contributed by atoms with E-state index < -0.39 is 15.8 Å². The Hall–Kier alpha value is -2.09. The van der Waals surface area contributed by atoms with Gasteiger partial charge in [0.15, 0.2) is 9.84 Å². The van der Waals surface area contributed by atoms with Gasteiger partial charge in [-0.25, -0.2) is 8.42 Å². The molecule has 1 aliphatic carbocycles. The maximum absolute atomic E-state index is 11.9. The summed E-state index contributed by atoms with van der Waals surface area (Å²) in [5.74, 6) is -0.694. The average Bonchev–Trinajstić information content (AvgIpc) is 2.55. The lowest BCUT2D eigenvalue weighted by Gasteiger charge is -2.26. The fourth-order valence-corrected chi connectivity index (χ4v) is 3.46. The van der Waals surface area contributed by atoms with Crippen LogP contribution >= 0.6 is 0 Å². The predicted octanol–water partition coefficient (Wildman–Crippen LogP) is 1.62. The van der Waals surface area contributed by atoms with Gasteiger partial charge in [-0.2, -0.15) is 0 Å². The molecular weight excluding hydrogens is 346 g/mol. The molecule has 0 saturated heterocycles. The topological polar surface area (TPSA) is 110 Å². The lowest BCUT2D eigenvalue weighted by Crippen LogP contribution is -2.39. The van der Waals surface area contributed by atoms with Crippen molar-refractivity contribution < 1.29 is 27.9 Å². The largest absolute Gasteiger partial charge is 0.493 e. The third-order valence-electron chi connectivity index (χ3n) is 4.29. The van der Waals surface area contributed by atoms with Gasteiger partial charge in [-0.15, -0.1) is 0 Å². The Labute approximate surface area is 147 Å². The van der Waals surface area contributed by atoms with Crippen molar-refractivity contribution >= 4 is 21.7 Å². The first kappa shape index (κ1) is 19.2. The molecule has 0 radical (unpaired) electrons. The maximum atomic E-state index is 11.9. The van der Waals surface area contributed by atoms with Crippen LogP contribution in [-0.4, -0.2) is 44.3 Å². The molecule has 1 aromatic carbocycles. The number of aliphatic carboxylic acids is 1. The van der Waals surface area contributed by atoms with Gasteiger partial charge in [0.25, 0.3) is 0 Å². The van der Waals surface area contributed by atoms with E-state index in [0.717, 1.165) is 6.26 Å². The zero-order chi connectivity index (χ0) is 18.4. The molecule has 0 unspecified atom stereocenters. The number of ether oxygens (including phenoxy) is 1. The summed E-state index contributed by atoms with van der Waals surface area (Å²) in [4.78, 5) is 23.0. The van der Waals surface area contributed by atoms with E-state index in [1.807, 2.05) is 0 Å². The lowest BCUT2D eigenvalue weighted by molar-refractivity contribution is -0.142. The first-order valence-electron chi connectivity index (χ1n) is 8.21. The number of carboxylic acid groups (broad SMARTS) is 1. The van der Waals surface area contributed by atoms with Crippen LogP contribution in [0.2, 0.25) is 0 Å². The second-order valence-electron chi connectivity index (χ2n) is 6.30. The van der Waals surface area contributed by atoms with E-state index in [2.05, 4.69) is 5.32 Å². The molecule has 25 heavy (non-hydrogen) atoms. The number of nitrogens with one attached hydrogen (secondary N) is 1.